The first kappa shape index (κ1) is 14.4. The van der Waals surface area contributed by atoms with Crippen molar-refractivity contribution in [2.24, 2.45) is 0 Å². The predicted molar refractivity (Wildman–Crippen MR) is 81.4 cm³/mol. The molecule has 0 saturated heterocycles. The second-order valence-electron chi connectivity index (χ2n) is 6.47. The van der Waals surface area contributed by atoms with Gasteiger partial charge in [0.2, 0.25) is 11.6 Å². The summed E-state index contributed by atoms with van der Waals surface area (Å²) in [6.07, 6.45) is -0.130. The Bertz CT molecular complexity index is 872. The maximum atomic E-state index is 12.6. The largest absolute Gasteiger partial charge is 0.461 e. The molecule has 23 heavy (non-hydrogen) atoms. The number of carbonyl (C=O) groups excluding carboxylic acids is 2. The second kappa shape index (κ2) is 4.40. The molecule has 0 amide bonds. The fraction of sp³-hybridized carbons (Fsp3) is 0.333. The van der Waals surface area contributed by atoms with Crippen LogP contribution in [0.1, 0.15) is 50.9 Å². The summed E-state index contributed by atoms with van der Waals surface area (Å²) in [6, 6.07) is 4.98. The fourth-order valence-electron chi connectivity index (χ4n) is 3.69. The Morgan fingerprint density at radius 1 is 1.22 bits per heavy atom. The molecule has 2 aliphatic carbocycles. The molecule has 1 unspecified atom stereocenters. The number of fused-ring (bicyclic) bond motifs is 5. The van der Waals surface area contributed by atoms with Crippen LogP contribution in [0.25, 0.3) is 11.3 Å². The van der Waals surface area contributed by atoms with E-state index in [9.17, 15) is 19.8 Å². The van der Waals surface area contributed by atoms with Gasteiger partial charge in [0.15, 0.2) is 0 Å². The van der Waals surface area contributed by atoms with Gasteiger partial charge in [0.25, 0.3) is 0 Å². The monoisotopic (exact) mass is 312 g/mol. The lowest BCUT2D eigenvalue weighted by atomic mass is 9.73. The van der Waals surface area contributed by atoms with Crippen LogP contribution in [0.2, 0.25) is 0 Å². The number of hydrogen-bond acceptors (Lipinski definition) is 5. The smallest absolute Gasteiger partial charge is 0.237 e. The topological polar surface area (TPSA) is 87.7 Å². The fourth-order valence-corrected chi connectivity index (χ4v) is 3.69. The van der Waals surface area contributed by atoms with E-state index in [1.54, 1.807) is 25.1 Å². The van der Waals surface area contributed by atoms with Crippen LogP contribution in [0.4, 0.5) is 0 Å². The maximum absolute atomic E-state index is 12.6. The Morgan fingerprint density at radius 2 is 1.96 bits per heavy atom. The lowest BCUT2D eigenvalue weighted by Crippen LogP contribution is -2.42. The van der Waals surface area contributed by atoms with Crippen LogP contribution >= 0.6 is 0 Å². The third kappa shape index (κ3) is 1.75. The molecule has 2 aromatic rings. The first-order chi connectivity index (χ1) is 10.8. The van der Waals surface area contributed by atoms with Crippen molar-refractivity contribution < 1.29 is 24.2 Å². The van der Waals surface area contributed by atoms with Crippen LogP contribution in [0, 0.1) is 6.92 Å². The van der Waals surface area contributed by atoms with Gasteiger partial charge in [0.05, 0.1) is 11.7 Å². The van der Waals surface area contributed by atoms with Crippen LogP contribution in [-0.2, 0) is 12.0 Å². The number of carbonyl (C=O) groups is 2. The van der Waals surface area contributed by atoms with Gasteiger partial charge in [-0.05, 0) is 43.9 Å². The molecule has 1 heterocycles. The van der Waals surface area contributed by atoms with Crippen LogP contribution < -0.4 is 0 Å². The quantitative estimate of drug-likeness (QED) is 0.728. The number of furan rings is 1. The Hall–Kier alpha value is -2.24. The Kier molecular flexibility index (Phi) is 2.75. The van der Waals surface area contributed by atoms with Gasteiger partial charge in [0.1, 0.15) is 17.1 Å². The zero-order valence-electron chi connectivity index (χ0n) is 12.8. The van der Waals surface area contributed by atoms with Gasteiger partial charge in [-0.3, -0.25) is 9.59 Å². The van der Waals surface area contributed by atoms with Gasteiger partial charge in [-0.1, -0.05) is 12.1 Å². The highest BCUT2D eigenvalue weighted by molar-refractivity contribution is 6.53. The third-order valence-corrected chi connectivity index (χ3v) is 4.95. The standard InChI is InChI=1S/C18H16O5/c1-8-7-11-15(20)16(21)14-9-4-6-13(19)18(2,22)12(9)5-3-10(14)17(11)23-8/h3,5,7,13,19,22H,4,6H2,1-2H3/t13?,18-/m1/s1. The third-order valence-electron chi connectivity index (χ3n) is 4.95. The van der Waals surface area contributed by atoms with E-state index < -0.39 is 23.3 Å². The lowest BCUT2D eigenvalue weighted by Gasteiger charge is -2.37. The molecule has 0 aliphatic heterocycles. The van der Waals surface area contributed by atoms with Crippen molar-refractivity contribution in [3.63, 3.8) is 0 Å². The van der Waals surface area contributed by atoms with E-state index in [0.29, 0.717) is 52.2 Å². The van der Waals surface area contributed by atoms with Gasteiger partial charge in [-0.2, -0.15) is 0 Å². The van der Waals surface area contributed by atoms with E-state index in [0.717, 1.165) is 0 Å². The average molecular weight is 312 g/mol. The summed E-state index contributed by atoms with van der Waals surface area (Å²) in [6.45, 7) is 3.26. The van der Waals surface area contributed by atoms with Crippen LogP contribution in [0.3, 0.4) is 0 Å². The average Bonchev–Trinajstić information content (AvgIpc) is 2.90. The lowest BCUT2D eigenvalue weighted by molar-refractivity contribution is -0.0765. The number of benzene rings is 1. The van der Waals surface area contributed by atoms with Crippen molar-refractivity contribution in [3.8, 4) is 11.3 Å². The van der Waals surface area contributed by atoms with E-state index in [2.05, 4.69) is 0 Å². The number of aliphatic hydroxyl groups excluding tert-OH is 1. The molecule has 0 fully saturated rings. The Balaban J connectivity index is 2.05. The van der Waals surface area contributed by atoms with Gasteiger partial charge in [0, 0.05) is 11.1 Å². The van der Waals surface area contributed by atoms with Crippen molar-refractivity contribution >= 4 is 11.6 Å². The highest BCUT2D eigenvalue weighted by Gasteiger charge is 2.43. The molecular formula is C18H16O5. The first-order valence-corrected chi connectivity index (χ1v) is 7.59. The molecule has 5 heteroatoms. The Morgan fingerprint density at radius 3 is 2.70 bits per heavy atom. The summed E-state index contributed by atoms with van der Waals surface area (Å²) in [4.78, 5) is 25.0. The number of aryl methyl sites for hydroxylation is 1. The highest BCUT2D eigenvalue weighted by atomic mass is 16.3. The SMILES string of the molecule is Cc1cc2c(o1)-c1ccc3c(c1C(=O)C2=O)CCC(O)[C@]3(C)O. The summed E-state index contributed by atoms with van der Waals surface area (Å²) in [7, 11) is 0. The van der Waals surface area contributed by atoms with Gasteiger partial charge < -0.3 is 14.6 Å². The molecule has 1 aromatic heterocycles. The molecule has 1 aromatic carbocycles. The molecule has 2 atom stereocenters. The zero-order valence-corrected chi connectivity index (χ0v) is 12.8. The maximum Gasteiger partial charge on any atom is 0.237 e. The summed E-state index contributed by atoms with van der Waals surface area (Å²) in [5, 5.41) is 20.6. The summed E-state index contributed by atoms with van der Waals surface area (Å²) in [5.74, 6) is -0.166. The normalized spacial score (nSPS) is 25.8. The molecular weight excluding hydrogens is 296 g/mol. The van der Waals surface area contributed by atoms with Crippen molar-refractivity contribution in [2.45, 2.75) is 38.4 Å². The molecule has 0 bridgehead atoms. The van der Waals surface area contributed by atoms with E-state index in [1.165, 1.54) is 6.92 Å². The molecule has 2 aliphatic rings. The van der Waals surface area contributed by atoms with Crippen molar-refractivity contribution in [2.75, 3.05) is 0 Å². The number of Topliss-reactive ketones (excluding diaryl/α,β-unsaturated/α-hetero) is 2. The van der Waals surface area contributed by atoms with Crippen molar-refractivity contribution in [3.05, 3.63) is 46.2 Å². The zero-order chi connectivity index (χ0) is 16.5. The number of ketones is 2. The number of hydrogen-bond donors (Lipinski definition) is 2. The number of aliphatic hydroxyl groups is 2. The predicted octanol–water partition coefficient (Wildman–Crippen LogP) is 2.15. The molecule has 0 spiro atoms. The molecule has 0 saturated carbocycles. The molecule has 5 nitrogen and oxygen atoms in total. The minimum absolute atomic E-state index is 0.294. The number of rotatable bonds is 0. The molecule has 0 radical (unpaired) electrons. The minimum atomic E-state index is -1.44. The summed E-state index contributed by atoms with van der Waals surface area (Å²) < 4.78 is 5.63. The summed E-state index contributed by atoms with van der Waals surface area (Å²) in [5.41, 5.74) is 0.886. The van der Waals surface area contributed by atoms with Gasteiger partial charge in [-0.15, -0.1) is 0 Å². The van der Waals surface area contributed by atoms with Crippen LogP contribution in [-0.4, -0.2) is 27.9 Å². The molecule has 2 N–H and O–H groups in total. The first-order valence-electron chi connectivity index (χ1n) is 7.59. The van der Waals surface area contributed by atoms with E-state index in [-0.39, 0.29) is 0 Å². The Labute approximate surface area is 132 Å². The summed E-state index contributed by atoms with van der Waals surface area (Å²) >= 11 is 0. The van der Waals surface area contributed by atoms with Gasteiger partial charge in [-0.25, -0.2) is 0 Å². The van der Waals surface area contributed by atoms with Gasteiger partial charge >= 0.3 is 0 Å². The van der Waals surface area contributed by atoms with Crippen molar-refractivity contribution in [1.82, 2.24) is 0 Å². The molecule has 4 rings (SSSR count). The van der Waals surface area contributed by atoms with Crippen LogP contribution in [0.15, 0.2) is 22.6 Å². The van der Waals surface area contributed by atoms with Crippen LogP contribution in [0.5, 0.6) is 0 Å². The van der Waals surface area contributed by atoms with Crippen molar-refractivity contribution in [1.29, 1.82) is 0 Å². The van der Waals surface area contributed by atoms with E-state index in [4.69, 9.17) is 4.42 Å². The molecule has 118 valence electrons. The van der Waals surface area contributed by atoms with E-state index in [1.807, 2.05) is 0 Å². The highest BCUT2D eigenvalue weighted by Crippen LogP contribution is 2.43. The van der Waals surface area contributed by atoms with E-state index >= 15 is 0 Å². The minimum Gasteiger partial charge on any atom is -0.461 e. The second-order valence-corrected chi connectivity index (χ2v) is 6.47.